The smallest absolute Gasteiger partial charge is 0.248 e. The Morgan fingerprint density at radius 2 is 2.12 bits per heavy atom. The number of aromatic nitrogens is 4. The maximum Gasteiger partial charge on any atom is 0.248 e. The summed E-state index contributed by atoms with van der Waals surface area (Å²) in [4.78, 5) is 12.6. The van der Waals surface area contributed by atoms with Crippen LogP contribution in [0.15, 0.2) is 42.7 Å². The molecule has 1 amide bonds. The van der Waals surface area contributed by atoms with Crippen molar-refractivity contribution < 1.29 is 4.79 Å². The minimum absolute atomic E-state index is 0.140. The van der Waals surface area contributed by atoms with Crippen molar-refractivity contribution in [2.45, 2.75) is 33.4 Å². The van der Waals surface area contributed by atoms with Gasteiger partial charge >= 0.3 is 0 Å². The zero-order valence-electron chi connectivity index (χ0n) is 14.4. The second-order valence-corrected chi connectivity index (χ2v) is 6.38. The minimum atomic E-state index is -0.457. The lowest BCUT2D eigenvalue weighted by Gasteiger charge is -2.15. The molecular weight excluding hydrogens is 338 g/mol. The quantitative estimate of drug-likeness (QED) is 0.758. The zero-order valence-corrected chi connectivity index (χ0v) is 15.2. The molecule has 0 aliphatic rings. The molecule has 1 N–H and O–H groups in total. The number of nitrogens with one attached hydrogen (secondary N) is 1. The van der Waals surface area contributed by atoms with Crippen LogP contribution < -0.4 is 5.32 Å². The van der Waals surface area contributed by atoms with Crippen LogP contribution in [-0.4, -0.2) is 25.5 Å². The summed E-state index contributed by atoms with van der Waals surface area (Å²) in [7, 11) is 0. The van der Waals surface area contributed by atoms with Gasteiger partial charge in [-0.15, -0.1) is 0 Å². The molecule has 0 radical (unpaired) electrons. The number of carbonyl (C=O) groups is 1. The summed E-state index contributed by atoms with van der Waals surface area (Å²) in [5, 5.41) is 12.1. The van der Waals surface area contributed by atoms with Crippen LogP contribution in [-0.2, 0) is 11.3 Å². The summed E-state index contributed by atoms with van der Waals surface area (Å²) in [5.74, 6) is -0.140. The number of benzene rings is 1. The Kier molecular flexibility index (Phi) is 4.90. The van der Waals surface area contributed by atoms with Gasteiger partial charge in [0.05, 0.1) is 23.0 Å². The van der Waals surface area contributed by atoms with Gasteiger partial charge < -0.3 is 5.32 Å². The Bertz CT molecular complexity index is 885. The van der Waals surface area contributed by atoms with Gasteiger partial charge in [-0.3, -0.25) is 14.2 Å². The highest BCUT2D eigenvalue weighted by Crippen LogP contribution is 2.23. The molecule has 3 aromatic rings. The first kappa shape index (κ1) is 17.2. The van der Waals surface area contributed by atoms with E-state index >= 15 is 0 Å². The zero-order chi connectivity index (χ0) is 18.0. The second-order valence-electron chi connectivity index (χ2n) is 6.00. The van der Waals surface area contributed by atoms with Gasteiger partial charge in [0.2, 0.25) is 5.91 Å². The lowest BCUT2D eigenvalue weighted by atomic mass is 10.2. The summed E-state index contributed by atoms with van der Waals surface area (Å²) in [6.07, 6.45) is 3.65. The van der Waals surface area contributed by atoms with Gasteiger partial charge in [-0.25, -0.2) is 0 Å². The van der Waals surface area contributed by atoms with Crippen LogP contribution >= 0.6 is 11.6 Å². The molecule has 0 saturated heterocycles. The van der Waals surface area contributed by atoms with E-state index in [1.54, 1.807) is 17.8 Å². The third-order valence-electron chi connectivity index (χ3n) is 4.08. The Morgan fingerprint density at radius 3 is 2.76 bits per heavy atom. The Balaban J connectivity index is 1.73. The fraction of sp³-hybridized carbons (Fsp3) is 0.278. The first-order valence-corrected chi connectivity index (χ1v) is 8.42. The number of carbonyl (C=O) groups excluding carboxylic acids is 1. The van der Waals surface area contributed by atoms with Crippen molar-refractivity contribution >= 4 is 23.2 Å². The third kappa shape index (κ3) is 3.74. The summed E-state index contributed by atoms with van der Waals surface area (Å²) < 4.78 is 3.49. The first-order valence-electron chi connectivity index (χ1n) is 8.04. The molecule has 7 heteroatoms. The normalized spacial score (nSPS) is 12.2. The van der Waals surface area contributed by atoms with E-state index in [4.69, 9.17) is 11.6 Å². The van der Waals surface area contributed by atoms with E-state index in [2.05, 4.69) is 15.5 Å². The van der Waals surface area contributed by atoms with E-state index in [0.29, 0.717) is 11.6 Å². The maximum absolute atomic E-state index is 12.6. The van der Waals surface area contributed by atoms with Crippen LogP contribution in [0.2, 0.25) is 5.02 Å². The lowest BCUT2D eigenvalue weighted by molar-refractivity contribution is -0.119. The molecule has 25 heavy (non-hydrogen) atoms. The molecule has 130 valence electrons. The molecule has 0 saturated carbocycles. The van der Waals surface area contributed by atoms with E-state index in [0.717, 1.165) is 22.6 Å². The van der Waals surface area contributed by atoms with E-state index in [9.17, 15) is 4.79 Å². The molecular formula is C18H20ClN5O. The van der Waals surface area contributed by atoms with E-state index in [1.807, 2.05) is 55.1 Å². The molecule has 0 spiro atoms. The molecule has 2 heterocycles. The number of hydrogen-bond donors (Lipinski definition) is 1. The predicted octanol–water partition coefficient (Wildman–Crippen LogP) is 3.60. The molecule has 0 fully saturated rings. The van der Waals surface area contributed by atoms with Crippen LogP contribution in [0.3, 0.4) is 0 Å². The molecule has 1 aromatic carbocycles. The van der Waals surface area contributed by atoms with Crippen molar-refractivity contribution in [3.63, 3.8) is 0 Å². The Labute approximate surface area is 151 Å². The fourth-order valence-corrected chi connectivity index (χ4v) is 2.83. The predicted molar refractivity (Wildman–Crippen MR) is 97.8 cm³/mol. The van der Waals surface area contributed by atoms with Crippen LogP contribution in [0.25, 0.3) is 0 Å². The van der Waals surface area contributed by atoms with Crippen molar-refractivity contribution in [3.05, 3.63) is 64.7 Å². The van der Waals surface area contributed by atoms with Gasteiger partial charge in [0.1, 0.15) is 6.04 Å². The fourth-order valence-electron chi connectivity index (χ4n) is 2.71. The van der Waals surface area contributed by atoms with Crippen molar-refractivity contribution in [1.82, 2.24) is 19.6 Å². The second kappa shape index (κ2) is 7.11. The number of rotatable bonds is 5. The lowest BCUT2D eigenvalue weighted by Crippen LogP contribution is -2.25. The van der Waals surface area contributed by atoms with E-state index < -0.39 is 6.04 Å². The van der Waals surface area contributed by atoms with Crippen molar-refractivity contribution in [2.75, 3.05) is 5.32 Å². The molecule has 0 aliphatic carbocycles. The van der Waals surface area contributed by atoms with Gasteiger partial charge in [-0.2, -0.15) is 10.2 Å². The number of hydrogen-bond acceptors (Lipinski definition) is 3. The minimum Gasteiger partial charge on any atom is -0.324 e. The van der Waals surface area contributed by atoms with E-state index in [1.165, 1.54) is 0 Å². The van der Waals surface area contributed by atoms with Gasteiger partial charge in [-0.05, 0) is 44.5 Å². The molecule has 0 aliphatic heterocycles. The average Bonchev–Trinajstić information content (AvgIpc) is 3.18. The SMILES string of the molecule is Cc1nn(C(C)C(=O)Nc2cccc(Cn3cccn3)c2)c(C)c1Cl. The highest BCUT2D eigenvalue weighted by atomic mass is 35.5. The summed E-state index contributed by atoms with van der Waals surface area (Å²) >= 11 is 6.17. The number of anilines is 1. The number of aryl methyl sites for hydroxylation is 1. The molecule has 0 bridgehead atoms. The molecule has 2 aromatic heterocycles. The van der Waals surface area contributed by atoms with E-state index in [-0.39, 0.29) is 5.91 Å². The standard InChI is InChI=1S/C18H20ClN5O/c1-12-17(19)13(2)24(22-12)14(3)18(25)21-16-7-4-6-15(10-16)11-23-9-5-8-20-23/h4-10,14H,11H2,1-3H3,(H,21,25). The number of amides is 1. The van der Waals surface area contributed by atoms with Crippen molar-refractivity contribution in [2.24, 2.45) is 0 Å². The molecule has 6 nitrogen and oxygen atoms in total. The Morgan fingerprint density at radius 1 is 1.32 bits per heavy atom. The van der Waals surface area contributed by atoms with Gasteiger partial charge in [-0.1, -0.05) is 23.7 Å². The number of halogens is 1. The average molecular weight is 358 g/mol. The van der Waals surface area contributed by atoms with Gasteiger partial charge in [0.25, 0.3) is 0 Å². The summed E-state index contributed by atoms with van der Waals surface area (Å²) in [6, 6.07) is 9.15. The summed E-state index contributed by atoms with van der Waals surface area (Å²) in [5.41, 5.74) is 3.31. The van der Waals surface area contributed by atoms with Crippen LogP contribution in [0, 0.1) is 13.8 Å². The van der Waals surface area contributed by atoms with Crippen LogP contribution in [0.4, 0.5) is 5.69 Å². The first-order chi connectivity index (χ1) is 12.0. The third-order valence-corrected chi connectivity index (χ3v) is 4.63. The molecule has 3 rings (SSSR count). The molecule has 1 atom stereocenters. The summed E-state index contributed by atoms with van der Waals surface area (Å²) in [6.45, 7) is 6.14. The highest BCUT2D eigenvalue weighted by molar-refractivity contribution is 6.31. The van der Waals surface area contributed by atoms with Crippen molar-refractivity contribution in [1.29, 1.82) is 0 Å². The topological polar surface area (TPSA) is 64.7 Å². The highest BCUT2D eigenvalue weighted by Gasteiger charge is 2.20. The monoisotopic (exact) mass is 357 g/mol. The van der Waals surface area contributed by atoms with Crippen molar-refractivity contribution in [3.8, 4) is 0 Å². The van der Waals surface area contributed by atoms with Gasteiger partial charge in [0, 0.05) is 18.1 Å². The van der Waals surface area contributed by atoms with Crippen LogP contribution in [0.1, 0.15) is 29.9 Å². The van der Waals surface area contributed by atoms with Gasteiger partial charge in [0.15, 0.2) is 0 Å². The van der Waals surface area contributed by atoms with Crippen LogP contribution in [0.5, 0.6) is 0 Å². The largest absolute Gasteiger partial charge is 0.324 e. The maximum atomic E-state index is 12.6. The molecule has 1 unspecified atom stereocenters. The Hall–Kier alpha value is -2.60. The number of nitrogens with zero attached hydrogens (tertiary/aromatic N) is 4.